The molecule has 2 aromatic carbocycles. The minimum atomic E-state index is 0.527. The summed E-state index contributed by atoms with van der Waals surface area (Å²) in [6.07, 6.45) is 2.40. The molecule has 4 heteroatoms. The fourth-order valence-corrected chi connectivity index (χ4v) is 3.22. The summed E-state index contributed by atoms with van der Waals surface area (Å²) in [5.41, 5.74) is 17.3. The summed E-state index contributed by atoms with van der Waals surface area (Å²) in [7, 11) is 0. The lowest BCUT2D eigenvalue weighted by Crippen LogP contribution is -1.99. The number of benzene rings is 2. The standard InChI is InChI=1S/C19H21N3O/c1-2-23-15-9-10-16-17(11-15)22(14-7-8-14)19(18(16)21)12-3-5-13(20)6-4-12/h3-6,9-11,14H,2,7-8,20-21H2,1H3. The van der Waals surface area contributed by atoms with Gasteiger partial charge in [0.25, 0.3) is 0 Å². The SMILES string of the molecule is CCOc1ccc2c(N)c(-c3ccc(N)cc3)n(C3CC3)c2c1. The van der Waals surface area contributed by atoms with Gasteiger partial charge < -0.3 is 20.8 Å². The number of nitrogen functional groups attached to an aromatic ring is 2. The number of ether oxygens (including phenoxy) is 1. The molecule has 0 unspecified atom stereocenters. The van der Waals surface area contributed by atoms with Gasteiger partial charge in [0.1, 0.15) is 5.75 Å². The molecular weight excluding hydrogens is 286 g/mol. The van der Waals surface area contributed by atoms with E-state index >= 15 is 0 Å². The maximum Gasteiger partial charge on any atom is 0.121 e. The van der Waals surface area contributed by atoms with Gasteiger partial charge >= 0.3 is 0 Å². The Morgan fingerprint density at radius 2 is 1.83 bits per heavy atom. The Labute approximate surface area is 135 Å². The Morgan fingerprint density at radius 1 is 1.09 bits per heavy atom. The summed E-state index contributed by atoms with van der Waals surface area (Å²) in [5, 5.41) is 1.09. The van der Waals surface area contributed by atoms with Crippen LogP contribution in [-0.4, -0.2) is 11.2 Å². The van der Waals surface area contributed by atoms with Crippen molar-refractivity contribution in [2.45, 2.75) is 25.8 Å². The van der Waals surface area contributed by atoms with Gasteiger partial charge in [0.2, 0.25) is 0 Å². The first kappa shape index (κ1) is 14.0. The molecule has 4 nitrogen and oxygen atoms in total. The van der Waals surface area contributed by atoms with Gasteiger partial charge in [-0.05, 0) is 44.0 Å². The molecule has 1 aliphatic carbocycles. The van der Waals surface area contributed by atoms with Gasteiger partial charge in [-0.15, -0.1) is 0 Å². The second kappa shape index (κ2) is 5.23. The minimum absolute atomic E-state index is 0.527. The number of hydrogen-bond acceptors (Lipinski definition) is 3. The van der Waals surface area contributed by atoms with Crippen molar-refractivity contribution in [3.8, 4) is 17.0 Å². The van der Waals surface area contributed by atoms with Crippen LogP contribution in [0.4, 0.5) is 11.4 Å². The third-order valence-electron chi connectivity index (χ3n) is 4.42. The van der Waals surface area contributed by atoms with Crippen molar-refractivity contribution < 1.29 is 4.74 Å². The molecule has 1 saturated carbocycles. The zero-order valence-corrected chi connectivity index (χ0v) is 13.3. The summed E-state index contributed by atoms with van der Waals surface area (Å²) in [5.74, 6) is 0.892. The van der Waals surface area contributed by atoms with Crippen molar-refractivity contribution >= 4 is 22.3 Å². The maximum absolute atomic E-state index is 6.51. The first-order valence-electron chi connectivity index (χ1n) is 8.11. The highest BCUT2D eigenvalue weighted by molar-refractivity contribution is 6.01. The molecule has 0 atom stereocenters. The first-order valence-corrected chi connectivity index (χ1v) is 8.11. The highest BCUT2D eigenvalue weighted by atomic mass is 16.5. The topological polar surface area (TPSA) is 66.2 Å². The zero-order chi connectivity index (χ0) is 16.0. The third kappa shape index (κ3) is 2.31. The van der Waals surface area contributed by atoms with Crippen molar-refractivity contribution in [2.24, 2.45) is 0 Å². The van der Waals surface area contributed by atoms with E-state index in [9.17, 15) is 0 Å². The number of rotatable bonds is 4. The molecule has 0 spiro atoms. The fourth-order valence-electron chi connectivity index (χ4n) is 3.22. The second-order valence-electron chi connectivity index (χ2n) is 6.10. The Balaban J connectivity index is 1.97. The molecule has 118 valence electrons. The monoisotopic (exact) mass is 307 g/mol. The molecule has 0 bridgehead atoms. The van der Waals surface area contributed by atoms with Crippen LogP contribution in [0.25, 0.3) is 22.2 Å². The van der Waals surface area contributed by atoms with Crippen LogP contribution in [0.5, 0.6) is 5.75 Å². The van der Waals surface area contributed by atoms with Crippen molar-refractivity contribution in [1.29, 1.82) is 0 Å². The molecule has 1 fully saturated rings. The molecule has 4 rings (SSSR count). The smallest absolute Gasteiger partial charge is 0.121 e. The summed E-state index contributed by atoms with van der Waals surface area (Å²) in [6.45, 7) is 2.66. The average Bonchev–Trinajstić information content (AvgIpc) is 3.34. The third-order valence-corrected chi connectivity index (χ3v) is 4.42. The number of fused-ring (bicyclic) bond motifs is 1. The summed E-state index contributed by atoms with van der Waals surface area (Å²) < 4.78 is 8.04. The lowest BCUT2D eigenvalue weighted by Gasteiger charge is -2.11. The largest absolute Gasteiger partial charge is 0.494 e. The normalized spacial score (nSPS) is 14.3. The van der Waals surface area contributed by atoms with E-state index in [0.717, 1.165) is 39.3 Å². The Bertz CT molecular complexity index is 860. The van der Waals surface area contributed by atoms with Crippen LogP contribution in [0.15, 0.2) is 42.5 Å². The number of anilines is 2. The molecule has 0 radical (unpaired) electrons. The van der Waals surface area contributed by atoms with E-state index in [0.29, 0.717) is 12.6 Å². The van der Waals surface area contributed by atoms with Gasteiger partial charge in [0.15, 0.2) is 0 Å². The van der Waals surface area contributed by atoms with E-state index in [2.05, 4.69) is 16.7 Å². The molecular formula is C19H21N3O. The van der Waals surface area contributed by atoms with Gasteiger partial charge in [-0.25, -0.2) is 0 Å². The molecule has 1 aliphatic rings. The maximum atomic E-state index is 6.51. The van der Waals surface area contributed by atoms with Crippen LogP contribution in [-0.2, 0) is 0 Å². The zero-order valence-electron chi connectivity index (χ0n) is 13.3. The van der Waals surface area contributed by atoms with Gasteiger partial charge in [-0.1, -0.05) is 12.1 Å². The summed E-state index contributed by atoms with van der Waals surface area (Å²) >= 11 is 0. The number of nitrogens with two attached hydrogens (primary N) is 2. The predicted molar refractivity (Wildman–Crippen MR) is 95.6 cm³/mol. The van der Waals surface area contributed by atoms with Gasteiger partial charge in [-0.2, -0.15) is 0 Å². The molecule has 0 saturated heterocycles. The summed E-state index contributed by atoms with van der Waals surface area (Å²) in [4.78, 5) is 0. The predicted octanol–water partition coefficient (Wildman–Crippen LogP) is 4.21. The van der Waals surface area contributed by atoms with Crippen molar-refractivity contribution in [2.75, 3.05) is 18.1 Å². The van der Waals surface area contributed by atoms with Gasteiger partial charge in [0.05, 0.1) is 23.5 Å². The van der Waals surface area contributed by atoms with Crippen LogP contribution in [0.3, 0.4) is 0 Å². The first-order chi connectivity index (χ1) is 11.2. The molecule has 0 amide bonds. The van der Waals surface area contributed by atoms with Gasteiger partial charge in [-0.3, -0.25) is 0 Å². The van der Waals surface area contributed by atoms with E-state index in [-0.39, 0.29) is 0 Å². The van der Waals surface area contributed by atoms with Crippen LogP contribution >= 0.6 is 0 Å². The van der Waals surface area contributed by atoms with Crippen LogP contribution in [0.1, 0.15) is 25.8 Å². The highest BCUT2D eigenvalue weighted by Crippen LogP contribution is 2.46. The average molecular weight is 307 g/mol. The minimum Gasteiger partial charge on any atom is -0.494 e. The Morgan fingerprint density at radius 3 is 2.48 bits per heavy atom. The van der Waals surface area contributed by atoms with Crippen molar-refractivity contribution in [3.63, 3.8) is 0 Å². The Kier molecular flexibility index (Phi) is 3.18. The second-order valence-corrected chi connectivity index (χ2v) is 6.10. The molecule has 0 aliphatic heterocycles. The molecule has 23 heavy (non-hydrogen) atoms. The van der Waals surface area contributed by atoms with Crippen molar-refractivity contribution in [3.05, 3.63) is 42.5 Å². The molecule has 3 aromatic rings. The molecule has 1 aromatic heterocycles. The number of hydrogen-bond donors (Lipinski definition) is 2. The van der Waals surface area contributed by atoms with Crippen LogP contribution < -0.4 is 16.2 Å². The molecule has 4 N–H and O–H groups in total. The lowest BCUT2D eigenvalue weighted by molar-refractivity contribution is 0.340. The van der Waals surface area contributed by atoms with E-state index < -0.39 is 0 Å². The van der Waals surface area contributed by atoms with Crippen LogP contribution in [0.2, 0.25) is 0 Å². The number of nitrogens with zero attached hydrogens (tertiary/aromatic N) is 1. The number of aromatic nitrogens is 1. The van der Waals surface area contributed by atoms with E-state index in [1.807, 2.05) is 37.3 Å². The van der Waals surface area contributed by atoms with E-state index in [1.54, 1.807) is 0 Å². The molecule has 1 heterocycles. The lowest BCUT2D eigenvalue weighted by atomic mass is 10.1. The summed E-state index contributed by atoms with van der Waals surface area (Å²) in [6, 6.07) is 14.6. The fraction of sp³-hybridized carbons (Fsp3) is 0.263. The van der Waals surface area contributed by atoms with Crippen molar-refractivity contribution in [1.82, 2.24) is 4.57 Å². The quantitative estimate of drug-likeness (QED) is 0.710. The van der Waals surface area contributed by atoms with Crippen LogP contribution in [0, 0.1) is 0 Å². The Hall–Kier alpha value is -2.62. The van der Waals surface area contributed by atoms with E-state index in [1.165, 1.54) is 12.8 Å². The van der Waals surface area contributed by atoms with E-state index in [4.69, 9.17) is 16.2 Å². The highest BCUT2D eigenvalue weighted by Gasteiger charge is 2.30. The van der Waals surface area contributed by atoms with Gasteiger partial charge in [0, 0.05) is 28.7 Å².